The van der Waals surface area contributed by atoms with Crippen molar-refractivity contribution in [1.82, 2.24) is 10.0 Å². The lowest BCUT2D eigenvalue weighted by Gasteiger charge is -2.20. The monoisotopic (exact) mass is 384 g/mol. The Morgan fingerprint density at radius 3 is 2.27 bits per heavy atom. The molecule has 26 heavy (non-hydrogen) atoms. The summed E-state index contributed by atoms with van der Waals surface area (Å²) in [5.41, 5.74) is 0. The molecule has 0 aliphatic heterocycles. The standard InChI is InChI=1S/C18H28N2O5S/c1-13(18(21)19-14-8-6-4-5-7-9-14)20-26(22,23)15-10-11-16(24-2)17(12-15)25-3/h10-14,20H,4-9H2,1-3H3,(H,19,21)/t13-/m0/s1. The molecule has 1 atom stereocenters. The smallest absolute Gasteiger partial charge is 0.241 e. The minimum Gasteiger partial charge on any atom is -0.493 e. The average molecular weight is 384 g/mol. The first-order valence-corrected chi connectivity index (χ1v) is 10.4. The molecule has 1 aliphatic carbocycles. The zero-order valence-electron chi connectivity index (χ0n) is 15.6. The van der Waals surface area contributed by atoms with E-state index in [-0.39, 0.29) is 16.8 Å². The molecule has 2 N–H and O–H groups in total. The fraction of sp³-hybridized carbons (Fsp3) is 0.611. The zero-order chi connectivity index (χ0) is 19.2. The molecule has 7 nitrogen and oxygen atoms in total. The molecule has 8 heteroatoms. The van der Waals surface area contributed by atoms with Crippen molar-refractivity contribution in [1.29, 1.82) is 0 Å². The van der Waals surface area contributed by atoms with Gasteiger partial charge < -0.3 is 14.8 Å². The van der Waals surface area contributed by atoms with E-state index in [2.05, 4.69) is 10.0 Å². The van der Waals surface area contributed by atoms with Gasteiger partial charge in [-0.15, -0.1) is 0 Å². The molecule has 1 aromatic rings. The predicted molar refractivity (Wildman–Crippen MR) is 99.0 cm³/mol. The number of nitrogens with one attached hydrogen (secondary N) is 2. The first-order valence-electron chi connectivity index (χ1n) is 8.92. The van der Waals surface area contributed by atoms with Gasteiger partial charge in [-0.3, -0.25) is 4.79 Å². The van der Waals surface area contributed by atoms with E-state index in [0.717, 1.165) is 25.7 Å². The van der Waals surface area contributed by atoms with Crippen LogP contribution in [0.25, 0.3) is 0 Å². The van der Waals surface area contributed by atoms with Gasteiger partial charge in [-0.2, -0.15) is 4.72 Å². The van der Waals surface area contributed by atoms with Crippen LogP contribution in [-0.2, 0) is 14.8 Å². The summed E-state index contributed by atoms with van der Waals surface area (Å²) in [7, 11) is -0.945. The number of hydrogen-bond acceptors (Lipinski definition) is 5. The Morgan fingerprint density at radius 2 is 1.69 bits per heavy atom. The lowest BCUT2D eigenvalue weighted by molar-refractivity contribution is -0.123. The molecular weight excluding hydrogens is 356 g/mol. The third-order valence-corrected chi connectivity index (χ3v) is 6.13. The summed E-state index contributed by atoms with van der Waals surface area (Å²) in [4.78, 5) is 12.4. The van der Waals surface area contributed by atoms with Crippen LogP contribution in [-0.4, -0.2) is 40.6 Å². The van der Waals surface area contributed by atoms with Crippen molar-refractivity contribution in [2.75, 3.05) is 14.2 Å². The van der Waals surface area contributed by atoms with Crippen LogP contribution in [0, 0.1) is 0 Å². The van der Waals surface area contributed by atoms with Crippen LogP contribution < -0.4 is 19.5 Å². The number of carbonyl (C=O) groups is 1. The van der Waals surface area contributed by atoms with Gasteiger partial charge in [-0.05, 0) is 31.9 Å². The fourth-order valence-corrected chi connectivity index (χ4v) is 4.31. The molecule has 0 spiro atoms. The van der Waals surface area contributed by atoms with Crippen LogP contribution in [0.3, 0.4) is 0 Å². The number of methoxy groups -OCH3 is 2. The van der Waals surface area contributed by atoms with Gasteiger partial charge in [-0.25, -0.2) is 8.42 Å². The Bertz CT molecular complexity index is 712. The second-order valence-corrected chi connectivity index (χ2v) is 8.27. The highest BCUT2D eigenvalue weighted by Gasteiger charge is 2.25. The Hall–Kier alpha value is -1.80. The minimum absolute atomic E-state index is 0.0178. The van der Waals surface area contributed by atoms with Crippen LogP contribution in [0.1, 0.15) is 45.4 Å². The first kappa shape index (κ1) is 20.5. The molecule has 146 valence electrons. The molecule has 1 saturated carbocycles. The lowest BCUT2D eigenvalue weighted by atomic mass is 10.1. The molecule has 0 aromatic heterocycles. The van der Waals surface area contributed by atoms with Gasteiger partial charge in [0.1, 0.15) is 0 Å². The van der Waals surface area contributed by atoms with E-state index in [1.54, 1.807) is 6.92 Å². The maximum atomic E-state index is 12.6. The SMILES string of the molecule is COc1ccc(S(=O)(=O)N[C@@H](C)C(=O)NC2CCCCCC2)cc1OC. The van der Waals surface area contributed by atoms with E-state index < -0.39 is 16.1 Å². The van der Waals surface area contributed by atoms with E-state index in [1.165, 1.54) is 45.3 Å². The van der Waals surface area contributed by atoms with Gasteiger partial charge in [0.2, 0.25) is 15.9 Å². The van der Waals surface area contributed by atoms with E-state index >= 15 is 0 Å². The van der Waals surface area contributed by atoms with Crippen LogP contribution >= 0.6 is 0 Å². The van der Waals surface area contributed by atoms with Crippen molar-refractivity contribution in [2.45, 2.75) is 62.4 Å². The Labute approximate surface area is 155 Å². The number of ether oxygens (including phenoxy) is 2. The molecule has 1 aromatic carbocycles. The quantitative estimate of drug-likeness (QED) is 0.703. The molecule has 0 unspecified atom stereocenters. The molecule has 0 saturated heterocycles. The third-order valence-electron chi connectivity index (χ3n) is 4.59. The average Bonchev–Trinajstić information content (AvgIpc) is 2.89. The van der Waals surface area contributed by atoms with Gasteiger partial charge in [0.25, 0.3) is 0 Å². The highest BCUT2D eigenvalue weighted by atomic mass is 32.2. The Kier molecular flexibility index (Phi) is 7.28. The van der Waals surface area contributed by atoms with Crippen molar-refractivity contribution in [3.63, 3.8) is 0 Å². The maximum absolute atomic E-state index is 12.6. The van der Waals surface area contributed by atoms with Gasteiger partial charge in [0.15, 0.2) is 11.5 Å². The number of benzene rings is 1. The Morgan fingerprint density at radius 1 is 1.08 bits per heavy atom. The number of rotatable bonds is 7. The summed E-state index contributed by atoms with van der Waals surface area (Å²) in [6.07, 6.45) is 6.46. The molecule has 1 aliphatic rings. The van der Waals surface area contributed by atoms with Crippen LogP contribution in [0.4, 0.5) is 0 Å². The summed E-state index contributed by atoms with van der Waals surface area (Å²) < 4.78 is 37.8. The zero-order valence-corrected chi connectivity index (χ0v) is 16.4. The molecular formula is C18H28N2O5S. The molecule has 1 fully saturated rings. The molecule has 2 rings (SSSR count). The Balaban J connectivity index is 2.04. The minimum atomic E-state index is -3.86. The second-order valence-electron chi connectivity index (χ2n) is 6.56. The molecule has 0 heterocycles. The largest absolute Gasteiger partial charge is 0.493 e. The van der Waals surface area contributed by atoms with Gasteiger partial charge in [0.05, 0.1) is 25.2 Å². The first-order chi connectivity index (χ1) is 12.4. The number of hydrogen-bond donors (Lipinski definition) is 2. The van der Waals surface area contributed by atoms with Crippen LogP contribution in [0.5, 0.6) is 11.5 Å². The topological polar surface area (TPSA) is 93.7 Å². The normalized spacial score (nSPS) is 17.2. The van der Waals surface area contributed by atoms with Crippen molar-refractivity contribution in [3.05, 3.63) is 18.2 Å². The van der Waals surface area contributed by atoms with E-state index in [1.807, 2.05) is 0 Å². The van der Waals surface area contributed by atoms with Crippen molar-refractivity contribution in [3.8, 4) is 11.5 Å². The van der Waals surface area contributed by atoms with Crippen LogP contribution in [0.15, 0.2) is 23.1 Å². The summed E-state index contributed by atoms with van der Waals surface area (Å²) in [5, 5.41) is 2.96. The summed E-state index contributed by atoms with van der Waals surface area (Å²) in [5.74, 6) is 0.442. The summed E-state index contributed by atoms with van der Waals surface area (Å²) >= 11 is 0. The van der Waals surface area contributed by atoms with E-state index in [0.29, 0.717) is 11.5 Å². The van der Waals surface area contributed by atoms with Crippen LogP contribution in [0.2, 0.25) is 0 Å². The third kappa shape index (κ3) is 5.35. The lowest BCUT2D eigenvalue weighted by Crippen LogP contribution is -2.47. The number of carbonyl (C=O) groups excluding carboxylic acids is 1. The van der Waals surface area contributed by atoms with E-state index in [9.17, 15) is 13.2 Å². The number of sulfonamides is 1. The predicted octanol–water partition coefficient (Wildman–Crippen LogP) is 2.21. The molecule has 0 bridgehead atoms. The van der Waals surface area contributed by atoms with Crippen molar-refractivity contribution < 1.29 is 22.7 Å². The molecule has 0 radical (unpaired) electrons. The van der Waals surface area contributed by atoms with Crippen molar-refractivity contribution >= 4 is 15.9 Å². The number of amides is 1. The summed E-state index contributed by atoms with van der Waals surface area (Å²) in [6.45, 7) is 1.55. The van der Waals surface area contributed by atoms with Gasteiger partial charge >= 0.3 is 0 Å². The highest BCUT2D eigenvalue weighted by molar-refractivity contribution is 7.89. The van der Waals surface area contributed by atoms with E-state index in [4.69, 9.17) is 9.47 Å². The second kappa shape index (κ2) is 9.23. The molecule has 1 amide bonds. The van der Waals surface area contributed by atoms with Crippen molar-refractivity contribution in [2.24, 2.45) is 0 Å². The summed E-state index contributed by atoms with van der Waals surface area (Å²) in [6, 6.07) is 3.56. The van der Waals surface area contributed by atoms with Gasteiger partial charge in [0, 0.05) is 12.1 Å². The highest BCUT2D eigenvalue weighted by Crippen LogP contribution is 2.29. The van der Waals surface area contributed by atoms with Gasteiger partial charge in [-0.1, -0.05) is 25.7 Å². The fourth-order valence-electron chi connectivity index (χ4n) is 3.09. The maximum Gasteiger partial charge on any atom is 0.241 e.